The van der Waals surface area contributed by atoms with Crippen LogP contribution in [0.25, 0.3) is 5.76 Å². The lowest BCUT2D eigenvalue weighted by Gasteiger charge is -2.21. The molecule has 0 fully saturated rings. The predicted molar refractivity (Wildman–Crippen MR) is 75.3 cm³/mol. The number of hydrogen-bond donors (Lipinski definition) is 0. The summed E-state index contributed by atoms with van der Waals surface area (Å²) in [5, 5.41) is 0.674. The highest BCUT2D eigenvalue weighted by Crippen LogP contribution is 2.36. The molecule has 1 atom stereocenters. The Morgan fingerprint density at radius 2 is 1.79 bits per heavy atom. The van der Waals surface area contributed by atoms with Gasteiger partial charge in [-0.05, 0) is 36.4 Å². The molecule has 3 heteroatoms. The second-order valence-corrected chi connectivity index (χ2v) is 4.78. The summed E-state index contributed by atoms with van der Waals surface area (Å²) in [6.45, 7) is 0. The van der Waals surface area contributed by atoms with Crippen molar-refractivity contribution < 1.29 is 9.53 Å². The number of para-hydroxylation sites is 1. The summed E-state index contributed by atoms with van der Waals surface area (Å²) in [6, 6.07) is 14.9. The van der Waals surface area contributed by atoms with Crippen molar-refractivity contribution >= 4 is 23.6 Å². The molecule has 1 aliphatic rings. The summed E-state index contributed by atoms with van der Waals surface area (Å²) in [4.78, 5) is 11.2. The highest BCUT2D eigenvalue weighted by molar-refractivity contribution is 6.30. The van der Waals surface area contributed by atoms with E-state index in [0.717, 1.165) is 23.2 Å². The van der Waals surface area contributed by atoms with E-state index in [1.54, 1.807) is 12.1 Å². The molecule has 1 aliphatic heterocycles. The Morgan fingerprint density at radius 3 is 2.53 bits per heavy atom. The number of ether oxygens (including phenoxy) is 1. The Kier molecular flexibility index (Phi) is 3.10. The second kappa shape index (κ2) is 4.90. The van der Waals surface area contributed by atoms with Crippen LogP contribution in [-0.4, -0.2) is 6.29 Å². The first kappa shape index (κ1) is 12.0. The maximum atomic E-state index is 11.2. The molecular weight excluding hydrogens is 260 g/mol. The van der Waals surface area contributed by atoms with Gasteiger partial charge in [0, 0.05) is 16.1 Å². The summed E-state index contributed by atoms with van der Waals surface area (Å²) in [5.74, 6) is 1.15. The molecule has 0 aromatic heterocycles. The van der Waals surface area contributed by atoms with E-state index in [9.17, 15) is 4.79 Å². The first-order valence-electron chi connectivity index (χ1n) is 5.98. The summed E-state index contributed by atoms with van der Waals surface area (Å²) in [6.07, 6.45) is 2.76. The van der Waals surface area contributed by atoms with Crippen LogP contribution < -0.4 is 4.74 Å². The van der Waals surface area contributed by atoms with Crippen molar-refractivity contribution in [3.8, 4) is 5.75 Å². The highest BCUT2D eigenvalue weighted by atomic mass is 35.5. The quantitative estimate of drug-likeness (QED) is 0.770. The standard InChI is InChI=1S/C16H11ClO2/c17-13-7-5-11(6-8-13)16-9-12(10-18)14-3-1-2-4-15(14)19-16/h1-10,12H. The summed E-state index contributed by atoms with van der Waals surface area (Å²) in [7, 11) is 0. The maximum absolute atomic E-state index is 11.2. The number of allylic oxidation sites excluding steroid dienone is 1. The van der Waals surface area contributed by atoms with Crippen molar-refractivity contribution in [2.75, 3.05) is 0 Å². The fraction of sp³-hybridized carbons (Fsp3) is 0.0625. The minimum Gasteiger partial charge on any atom is -0.457 e. The van der Waals surface area contributed by atoms with Crippen molar-refractivity contribution in [1.29, 1.82) is 0 Å². The van der Waals surface area contributed by atoms with Gasteiger partial charge < -0.3 is 9.53 Å². The Balaban J connectivity index is 2.03. The molecule has 19 heavy (non-hydrogen) atoms. The zero-order valence-corrected chi connectivity index (χ0v) is 10.8. The van der Waals surface area contributed by atoms with Gasteiger partial charge in [0.05, 0.1) is 5.92 Å². The highest BCUT2D eigenvalue weighted by Gasteiger charge is 2.21. The molecule has 0 aliphatic carbocycles. The van der Waals surface area contributed by atoms with Crippen LogP contribution in [0.1, 0.15) is 17.0 Å². The molecule has 0 N–H and O–H groups in total. The average molecular weight is 271 g/mol. The maximum Gasteiger partial charge on any atom is 0.131 e. The zero-order chi connectivity index (χ0) is 13.2. The SMILES string of the molecule is O=CC1C=C(c2ccc(Cl)cc2)Oc2ccccc21. The normalized spacial score (nSPS) is 17.1. The molecule has 1 unspecified atom stereocenters. The Bertz CT molecular complexity index is 644. The van der Waals surface area contributed by atoms with E-state index in [1.807, 2.05) is 42.5 Å². The third-order valence-electron chi connectivity index (χ3n) is 3.10. The Hall–Kier alpha value is -2.06. The van der Waals surface area contributed by atoms with Crippen molar-refractivity contribution in [1.82, 2.24) is 0 Å². The monoisotopic (exact) mass is 270 g/mol. The van der Waals surface area contributed by atoms with E-state index in [0.29, 0.717) is 10.8 Å². The van der Waals surface area contributed by atoms with E-state index >= 15 is 0 Å². The van der Waals surface area contributed by atoms with Crippen molar-refractivity contribution in [2.45, 2.75) is 5.92 Å². The third-order valence-corrected chi connectivity index (χ3v) is 3.36. The molecule has 0 amide bonds. The van der Waals surface area contributed by atoms with E-state index in [1.165, 1.54) is 0 Å². The van der Waals surface area contributed by atoms with Gasteiger partial charge in [0.1, 0.15) is 17.8 Å². The van der Waals surface area contributed by atoms with Crippen molar-refractivity contribution in [3.63, 3.8) is 0 Å². The number of aldehydes is 1. The Morgan fingerprint density at radius 1 is 1.05 bits per heavy atom. The van der Waals surface area contributed by atoms with E-state index in [-0.39, 0.29) is 5.92 Å². The van der Waals surface area contributed by atoms with Gasteiger partial charge in [0.2, 0.25) is 0 Å². The number of carbonyl (C=O) groups is 1. The number of rotatable bonds is 2. The number of hydrogen-bond acceptors (Lipinski definition) is 2. The number of benzene rings is 2. The van der Waals surface area contributed by atoms with Crippen molar-refractivity contribution in [2.24, 2.45) is 0 Å². The molecule has 3 rings (SSSR count). The van der Waals surface area contributed by atoms with E-state index in [2.05, 4.69) is 0 Å². The minimum atomic E-state index is -0.268. The molecule has 0 bridgehead atoms. The van der Waals surface area contributed by atoms with Crippen LogP contribution in [0, 0.1) is 0 Å². The fourth-order valence-electron chi connectivity index (χ4n) is 2.14. The van der Waals surface area contributed by atoms with E-state index < -0.39 is 0 Å². The van der Waals surface area contributed by atoms with Gasteiger partial charge in [-0.2, -0.15) is 0 Å². The van der Waals surface area contributed by atoms with Crippen LogP contribution in [0.4, 0.5) is 0 Å². The molecule has 94 valence electrons. The average Bonchev–Trinajstić information content (AvgIpc) is 2.47. The van der Waals surface area contributed by atoms with Crippen LogP contribution in [0.2, 0.25) is 5.02 Å². The molecule has 2 aromatic rings. The molecule has 0 radical (unpaired) electrons. The van der Waals surface area contributed by atoms with Crippen LogP contribution in [0.15, 0.2) is 54.6 Å². The number of fused-ring (bicyclic) bond motifs is 1. The van der Waals surface area contributed by atoms with Crippen molar-refractivity contribution in [3.05, 3.63) is 70.8 Å². The topological polar surface area (TPSA) is 26.3 Å². The molecule has 0 saturated heterocycles. The summed E-state index contributed by atoms with van der Waals surface area (Å²) < 4.78 is 5.85. The molecule has 1 heterocycles. The lowest BCUT2D eigenvalue weighted by Crippen LogP contribution is -2.09. The second-order valence-electron chi connectivity index (χ2n) is 4.34. The first-order chi connectivity index (χ1) is 9.28. The summed E-state index contributed by atoms with van der Waals surface area (Å²) in [5.41, 5.74) is 1.81. The van der Waals surface area contributed by atoms with Gasteiger partial charge >= 0.3 is 0 Å². The van der Waals surface area contributed by atoms with Gasteiger partial charge in [0.15, 0.2) is 0 Å². The fourth-order valence-corrected chi connectivity index (χ4v) is 2.26. The van der Waals surface area contributed by atoms with Gasteiger partial charge in [-0.15, -0.1) is 0 Å². The van der Waals surface area contributed by atoms with Crippen LogP contribution in [-0.2, 0) is 4.79 Å². The van der Waals surface area contributed by atoms with Gasteiger partial charge in [-0.1, -0.05) is 29.8 Å². The number of carbonyl (C=O) groups excluding carboxylic acids is 1. The molecule has 0 spiro atoms. The first-order valence-corrected chi connectivity index (χ1v) is 6.35. The van der Waals surface area contributed by atoms with Gasteiger partial charge in [-0.3, -0.25) is 0 Å². The van der Waals surface area contributed by atoms with E-state index in [4.69, 9.17) is 16.3 Å². The smallest absolute Gasteiger partial charge is 0.131 e. The molecule has 0 saturated carbocycles. The van der Waals surface area contributed by atoms with Gasteiger partial charge in [0.25, 0.3) is 0 Å². The Labute approximate surface area is 116 Å². The van der Waals surface area contributed by atoms with Crippen LogP contribution in [0.3, 0.4) is 0 Å². The molecule has 2 nitrogen and oxygen atoms in total. The minimum absolute atomic E-state index is 0.268. The van der Waals surface area contributed by atoms with Gasteiger partial charge in [-0.25, -0.2) is 0 Å². The summed E-state index contributed by atoms with van der Waals surface area (Å²) >= 11 is 5.87. The predicted octanol–water partition coefficient (Wildman–Crippen LogP) is 4.06. The lowest BCUT2D eigenvalue weighted by atomic mass is 9.95. The molecule has 2 aromatic carbocycles. The van der Waals surface area contributed by atoms with Crippen LogP contribution in [0.5, 0.6) is 5.75 Å². The molecular formula is C16H11ClO2. The lowest BCUT2D eigenvalue weighted by molar-refractivity contribution is -0.108. The largest absolute Gasteiger partial charge is 0.457 e. The number of halogens is 1. The van der Waals surface area contributed by atoms with Crippen LogP contribution >= 0.6 is 11.6 Å². The zero-order valence-electron chi connectivity index (χ0n) is 10.0. The third kappa shape index (κ3) is 2.27.